The molecule has 2 heterocycles. The molecule has 0 bridgehead atoms. The Kier molecular flexibility index (Phi) is 5.40. The van der Waals surface area contributed by atoms with Crippen LogP contribution in [0.3, 0.4) is 0 Å². The van der Waals surface area contributed by atoms with Gasteiger partial charge in [-0.25, -0.2) is 19.3 Å². The molecule has 0 aliphatic heterocycles. The van der Waals surface area contributed by atoms with Gasteiger partial charge in [0, 0.05) is 5.56 Å². The zero-order valence-corrected chi connectivity index (χ0v) is 17.1. The minimum Gasteiger partial charge on any atom is -0.494 e. The number of ether oxygens (including phenoxy) is 2. The molecule has 0 atom stereocenters. The summed E-state index contributed by atoms with van der Waals surface area (Å²) in [4.78, 5) is 36.5. The number of fused-ring (bicyclic) bond motifs is 1. The molecule has 2 aromatic carbocycles. The number of nitrogens with one attached hydrogen (secondary N) is 1. The van der Waals surface area contributed by atoms with Gasteiger partial charge in [0.15, 0.2) is 17.2 Å². The standard InChI is InChI=1S/C22H21N5O4/c1-3-30-14-11-9-13(10-12-14)20-24-17(19(23)28)18-21(26-20)27(22(29)25-18)15-7-5-6-8-16(15)31-4-2/h5-12H,3-4H2,1-2H3,(H2,23,28)(H,25,29). The zero-order valence-electron chi connectivity index (χ0n) is 17.1. The fraction of sp³-hybridized carbons (Fsp3) is 0.182. The lowest BCUT2D eigenvalue weighted by Crippen LogP contribution is -2.16. The average Bonchev–Trinajstić information content (AvgIpc) is 3.10. The van der Waals surface area contributed by atoms with Crippen LogP contribution in [0, 0.1) is 0 Å². The molecule has 0 unspecified atom stereocenters. The molecular formula is C22H21N5O4. The highest BCUT2D eigenvalue weighted by Gasteiger charge is 2.21. The second kappa shape index (κ2) is 8.31. The number of carbonyl (C=O) groups is 1. The minimum absolute atomic E-state index is 0.0707. The lowest BCUT2D eigenvalue weighted by Gasteiger charge is -2.11. The van der Waals surface area contributed by atoms with Gasteiger partial charge in [-0.05, 0) is 50.2 Å². The number of primary amides is 1. The van der Waals surface area contributed by atoms with Gasteiger partial charge >= 0.3 is 5.69 Å². The van der Waals surface area contributed by atoms with Crippen LogP contribution < -0.4 is 20.9 Å². The fourth-order valence-corrected chi connectivity index (χ4v) is 3.30. The van der Waals surface area contributed by atoms with Crippen molar-refractivity contribution in [3.8, 4) is 28.6 Å². The van der Waals surface area contributed by atoms with Crippen LogP contribution in [0.25, 0.3) is 28.2 Å². The van der Waals surface area contributed by atoms with Crippen molar-refractivity contribution in [1.29, 1.82) is 0 Å². The summed E-state index contributed by atoms with van der Waals surface area (Å²) < 4.78 is 12.5. The first-order chi connectivity index (χ1) is 15.0. The van der Waals surface area contributed by atoms with E-state index in [2.05, 4.69) is 15.0 Å². The lowest BCUT2D eigenvalue weighted by atomic mass is 10.2. The molecule has 9 nitrogen and oxygen atoms in total. The molecule has 3 N–H and O–H groups in total. The van der Waals surface area contributed by atoms with E-state index in [9.17, 15) is 9.59 Å². The predicted molar refractivity (Wildman–Crippen MR) is 116 cm³/mol. The van der Waals surface area contributed by atoms with Gasteiger partial charge in [-0.2, -0.15) is 0 Å². The Labute approximate surface area is 177 Å². The number of para-hydroxylation sites is 2. The summed E-state index contributed by atoms with van der Waals surface area (Å²) in [5.74, 6) is 0.693. The third-order valence-electron chi connectivity index (χ3n) is 4.60. The number of aromatic amines is 1. The lowest BCUT2D eigenvalue weighted by molar-refractivity contribution is 0.0997. The smallest absolute Gasteiger partial charge is 0.332 e. The molecule has 4 aromatic rings. The van der Waals surface area contributed by atoms with Crippen LogP contribution in [0.4, 0.5) is 0 Å². The number of benzene rings is 2. The Balaban J connectivity index is 1.97. The Morgan fingerprint density at radius 1 is 1.03 bits per heavy atom. The third-order valence-corrected chi connectivity index (χ3v) is 4.60. The van der Waals surface area contributed by atoms with Gasteiger partial charge in [0.1, 0.15) is 17.0 Å². The van der Waals surface area contributed by atoms with Crippen LogP contribution in [-0.4, -0.2) is 38.6 Å². The number of hydrogen-bond acceptors (Lipinski definition) is 6. The Hall–Kier alpha value is -4.14. The molecule has 0 spiro atoms. The van der Waals surface area contributed by atoms with Crippen LogP contribution in [0.15, 0.2) is 53.3 Å². The number of imidazole rings is 1. The average molecular weight is 419 g/mol. The van der Waals surface area contributed by atoms with Crippen LogP contribution in [-0.2, 0) is 0 Å². The van der Waals surface area contributed by atoms with E-state index < -0.39 is 11.6 Å². The molecule has 158 valence electrons. The number of amides is 1. The van der Waals surface area contributed by atoms with E-state index in [1.165, 1.54) is 4.57 Å². The van der Waals surface area contributed by atoms with Gasteiger partial charge < -0.3 is 20.2 Å². The van der Waals surface area contributed by atoms with Crippen molar-refractivity contribution in [2.24, 2.45) is 5.73 Å². The van der Waals surface area contributed by atoms with Crippen molar-refractivity contribution in [2.45, 2.75) is 13.8 Å². The number of H-pyrrole nitrogens is 1. The fourth-order valence-electron chi connectivity index (χ4n) is 3.30. The molecule has 0 saturated carbocycles. The van der Waals surface area contributed by atoms with E-state index in [-0.39, 0.29) is 22.7 Å². The number of nitrogens with zero attached hydrogens (tertiary/aromatic N) is 3. The topological polar surface area (TPSA) is 125 Å². The van der Waals surface area contributed by atoms with Crippen molar-refractivity contribution in [2.75, 3.05) is 13.2 Å². The van der Waals surface area contributed by atoms with Crippen LogP contribution >= 0.6 is 0 Å². The summed E-state index contributed by atoms with van der Waals surface area (Å²) in [6, 6.07) is 14.2. The van der Waals surface area contributed by atoms with Crippen molar-refractivity contribution in [3.05, 3.63) is 64.7 Å². The van der Waals surface area contributed by atoms with E-state index >= 15 is 0 Å². The first kappa shape index (κ1) is 20.1. The number of rotatable bonds is 7. The first-order valence-electron chi connectivity index (χ1n) is 9.81. The second-order valence-electron chi connectivity index (χ2n) is 6.58. The summed E-state index contributed by atoms with van der Waals surface area (Å²) in [5, 5.41) is 0. The minimum atomic E-state index is -0.772. The molecule has 1 amide bonds. The highest BCUT2D eigenvalue weighted by molar-refractivity contribution is 6.02. The Bertz CT molecular complexity index is 1310. The largest absolute Gasteiger partial charge is 0.494 e. The van der Waals surface area contributed by atoms with Gasteiger partial charge in [-0.15, -0.1) is 0 Å². The molecule has 0 aliphatic carbocycles. The first-order valence-corrected chi connectivity index (χ1v) is 9.81. The van der Waals surface area contributed by atoms with Crippen molar-refractivity contribution in [3.63, 3.8) is 0 Å². The van der Waals surface area contributed by atoms with Crippen molar-refractivity contribution in [1.82, 2.24) is 19.5 Å². The molecule has 2 aromatic heterocycles. The van der Waals surface area contributed by atoms with Gasteiger partial charge in [0.2, 0.25) is 0 Å². The van der Waals surface area contributed by atoms with E-state index in [1.807, 2.05) is 19.9 Å². The quantitative estimate of drug-likeness (QED) is 0.474. The molecular weight excluding hydrogens is 398 g/mol. The number of carbonyl (C=O) groups excluding carboxylic acids is 1. The monoisotopic (exact) mass is 419 g/mol. The van der Waals surface area contributed by atoms with Gasteiger partial charge in [0.25, 0.3) is 5.91 Å². The summed E-state index contributed by atoms with van der Waals surface area (Å²) in [7, 11) is 0. The summed E-state index contributed by atoms with van der Waals surface area (Å²) in [6.45, 7) is 4.72. The van der Waals surface area contributed by atoms with Crippen LogP contribution in [0.5, 0.6) is 11.5 Å². The number of nitrogens with two attached hydrogens (primary N) is 1. The molecule has 0 radical (unpaired) electrons. The van der Waals surface area contributed by atoms with E-state index in [0.29, 0.717) is 36.0 Å². The third kappa shape index (κ3) is 3.73. The van der Waals surface area contributed by atoms with Gasteiger partial charge in [-0.3, -0.25) is 4.79 Å². The maximum Gasteiger partial charge on any atom is 0.332 e. The number of aromatic nitrogens is 4. The Morgan fingerprint density at radius 3 is 2.42 bits per heavy atom. The predicted octanol–water partition coefficient (Wildman–Crippen LogP) is 2.67. The SMILES string of the molecule is CCOc1ccc(-c2nc(C(N)=O)c3[nH]c(=O)n(-c4ccccc4OCC)c3n2)cc1. The second-order valence-corrected chi connectivity index (χ2v) is 6.58. The maximum absolute atomic E-state index is 12.9. The maximum atomic E-state index is 12.9. The van der Waals surface area contributed by atoms with Gasteiger partial charge in [0.05, 0.1) is 18.9 Å². The van der Waals surface area contributed by atoms with E-state index in [1.54, 1.807) is 42.5 Å². The molecule has 4 rings (SSSR count). The molecule has 0 fully saturated rings. The molecule has 31 heavy (non-hydrogen) atoms. The van der Waals surface area contributed by atoms with Crippen molar-refractivity contribution >= 4 is 17.1 Å². The summed E-state index contributed by atoms with van der Waals surface area (Å²) in [6.07, 6.45) is 0. The summed E-state index contributed by atoms with van der Waals surface area (Å²) >= 11 is 0. The van der Waals surface area contributed by atoms with E-state index in [0.717, 1.165) is 0 Å². The Morgan fingerprint density at radius 2 is 1.74 bits per heavy atom. The van der Waals surface area contributed by atoms with Crippen LogP contribution in [0.1, 0.15) is 24.3 Å². The number of hydrogen-bond donors (Lipinski definition) is 2. The normalized spacial score (nSPS) is 10.9. The van der Waals surface area contributed by atoms with E-state index in [4.69, 9.17) is 15.2 Å². The summed E-state index contributed by atoms with van der Waals surface area (Å²) in [5.41, 5.74) is 6.54. The highest BCUT2D eigenvalue weighted by atomic mass is 16.5. The van der Waals surface area contributed by atoms with Gasteiger partial charge in [-0.1, -0.05) is 12.1 Å². The molecule has 9 heteroatoms. The zero-order chi connectivity index (χ0) is 22.0. The molecule has 0 aliphatic rings. The van der Waals surface area contributed by atoms with Crippen molar-refractivity contribution < 1.29 is 14.3 Å². The molecule has 0 saturated heterocycles. The van der Waals surface area contributed by atoms with Crippen LogP contribution in [0.2, 0.25) is 0 Å². The highest BCUT2D eigenvalue weighted by Crippen LogP contribution is 2.27.